The topological polar surface area (TPSA) is 85.2 Å². The molecule has 5 heteroatoms. The van der Waals surface area contributed by atoms with E-state index in [0.29, 0.717) is 12.4 Å². The number of anilines is 1. The zero-order valence-corrected chi connectivity index (χ0v) is 8.39. The Hall–Kier alpha value is -1.62. The molecule has 0 radical (unpaired) electrons. The van der Waals surface area contributed by atoms with Gasteiger partial charge in [0.05, 0.1) is 6.04 Å². The van der Waals surface area contributed by atoms with E-state index in [1.807, 2.05) is 17.0 Å². The van der Waals surface area contributed by atoms with Gasteiger partial charge in [-0.1, -0.05) is 6.07 Å². The number of nitrogen functional groups attached to an aromatic ring is 1. The van der Waals surface area contributed by atoms with Crippen LogP contribution in [0.2, 0.25) is 0 Å². The lowest BCUT2D eigenvalue weighted by atomic mass is 10.0. The van der Waals surface area contributed by atoms with E-state index in [1.165, 1.54) is 0 Å². The van der Waals surface area contributed by atoms with Crippen LogP contribution in [-0.4, -0.2) is 28.4 Å². The van der Waals surface area contributed by atoms with Gasteiger partial charge in [-0.25, -0.2) is 4.98 Å². The molecule has 1 aromatic rings. The summed E-state index contributed by atoms with van der Waals surface area (Å²) in [6.45, 7) is 1.54. The molecule has 1 aliphatic heterocycles. The highest BCUT2D eigenvalue weighted by Crippen LogP contribution is 2.21. The number of nitrogens with zero attached hydrogens (tertiary/aromatic N) is 2. The molecule has 1 atom stereocenters. The van der Waals surface area contributed by atoms with Gasteiger partial charge in [0.25, 0.3) is 0 Å². The van der Waals surface area contributed by atoms with Crippen LogP contribution in [0, 0.1) is 0 Å². The van der Waals surface area contributed by atoms with Crippen molar-refractivity contribution in [3.63, 3.8) is 0 Å². The first-order valence-electron chi connectivity index (χ1n) is 4.91. The maximum atomic E-state index is 11.0. The molecule has 2 rings (SSSR count). The summed E-state index contributed by atoms with van der Waals surface area (Å²) >= 11 is 0. The summed E-state index contributed by atoms with van der Waals surface area (Å²) in [5.41, 5.74) is 11.9. The molecule has 1 amide bonds. The third kappa shape index (κ3) is 1.92. The molecule has 1 saturated heterocycles. The van der Waals surface area contributed by atoms with Gasteiger partial charge in [-0.05, 0) is 12.5 Å². The molecule has 1 aliphatic rings. The SMILES string of the molecule is NC(=O)C1CCN1Cc1cccnc1N. The van der Waals surface area contributed by atoms with Crippen LogP contribution in [0.3, 0.4) is 0 Å². The molecular formula is C10H14N4O. The van der Waals surface area contributed by atoms with Gasteiger partial charge in [-0.3, -0.25) is 9.69 Å². The monoisotopic (exact) mass is 206 g/mol. The fourth-order valence-corrected chi connectivity index (χ4v) is 1.76. The van der Waals surface area contributed by atoms with Crippen molar-refractivity contribution >= 4 is 11.7 Å². The average Bonchev–Trinajstić information content (AvgIpc) is 2.13. The minimum atomic E-state index is -0.260. The number of carbonyl (C=O) groups is 1. The highest BCUT2D eigenvalue weighted by molar-refractivity contribution is 5.80. The average molecular weight is 206 g/mol. The predicted octanol–water partition coefficient (Wildman–Crippen LogP) is -0.277. The van der Waals surface area contributed by atoms with Crippen LogP contribution < -0.4 is 11.5 Å². The molecule has 15 heavy (non-hydrogen) atoms. The van der Waals surface area contributed by atoms with Gasteiger partial charge in [0, 0.05) is 24.8 Å². The van der Waals surface area contributed by atoms with Crippen molar-refractivity contribution in [2.45, 2.75) is 19.0 Å². The summed E-state index contributed by atoms with van der Waals surface area (Å²) in [5.74, 6) is 0.260. The van der Waals surface area contributed by atoms with Gasteiger partial charge >= 0.3 is 0 Å². The Bertz CT molecular complexity index is 379. The Morgan fingerprint density at radius 1 is 1.67 bits per heavy atom. The van der Waals surface area contributed by atoms with E-state index >= 15 is 0 Å². The molecule has 0 saturated carbocycles. The van der Waals surface area contributed by atoms with Crippen molar-refractivity contribution < 1.29 is 4.79 Å². The van der Waals surface area contributed by atoms with E-state index < -0.39 is 0 Å². The van der Waals surface area contributed by atoms with Crippen molar-refractivity contribution in [1.29, 1.82) is 0 Å². The Labute approximate surface area is 88.1 Å². The summed E-state index contributed by atoms with van der Waals surface area (Å²) in [4.78, 5) is 17.0. The first-order chi connectivity index (χ1) is 7.18. The van der Waals surface area contributed by atoms with Gasteiger partial charge in [0.15, 0.2) is 0 Å². The lowest BCUT2D eigenvalue weighted by Gasteiger charge is -2.38. The van der Waals surface area contributed by atoms with E-state index in [4.69, 9.17) is 11.5 Å². The van der Waals surface area contributed by atoms with E-state index in [2.05, 4.69) is 4.98 Å². The van der Waals surface area contributed by atoms with Crippen LogP contribution >= 0.6 is 0 Å². The fourth-order valence-electron chi connectivity index (χ4n) is 1.76. The number of nitrogens with two attached hydrogens (primary N) is 2. The maximum absolute atomic E-state index is 11.0. The first-order valence-corrected chi connectivity index (χ1v) is 4.91. The number of hydrogen-bond donors (Lipinski definition) is 2. The number of likely N-dealkylation sites (tertiary alicyclic amines) is 1. The van der Waals surface area contributed by atoms with Crippen LogP contribution in [0.15, 0.2) is 18.3 Å². The molecule has 4 N–H and O–H groups in total. The number of amides is 1. The third-order valence-electron chi connectivity index (χ3n) is 2.76. The molecule has 80 valence electrons. The zero-order valence-electron chi connectivity index (χ0n) is 8.39. The van der Waals surface area contributed by atoms with Crippen LogP contribution in [0.4, 0.5) is 5.82 Å². The summed E-state index contributed by atoms with van der Waals surface area (Å²) in [6, 6.07) is 3.62. The molecule has 2 heterocycles. The molecule has 0 bridgehead atoms. The van der Waals surface area contributed by atoms with Gasteiger partial charge in [0.2, 0.25) is 5.91 Å². The second-order valence-electron chi connectivity index (χ2n) is 3.73. The zero-order chi connectivity index (χ0) is 10.8. The highest BCUT2D eigenvalue weighted by Gasteiger charge is 2.32. The van der Waals surface area contributed by atoms with Crippen LogP contribution in [0.5, 0.6) is 0 Å². The molecule has 5 nitrogen and oxygen atoms in total. The van der Waals surface area contributed by atoms with Crippen molar-refractivity contribution in [1.82, 2.24) is 9.88 Å². The number of primary amides is 1. The highest BCUT2D eigenvalue weighted by atomic mass is 16.1. The van der Waals surface area contributed by atoms with Crippen molar-refractivity contribution in [2.24, 2.45) is 5.73 Å². The number of hydrogen-bond acceptors (Lipinski definition) is 4. The largest absolute Gasteiger partial charge is 0.383 e. The van der Waals surface area contributed by atoms with E-state index in [0.717, 1.165) is 18.5 Å². The molecular weight excluding hydrogens is 192 g/mol. The Kier molecular flexibility index (Phi) is 2.55. The standard InChI is InChI=1S/C10H14N4O/c11-9-7(2-1-4-13-9)6-14-5-3-8(14)10(12)15/h1-2,4,8H,3,5-6H2,(H2,11,13)(H2,12,15). The normalized spacial score (nSPS) is 20.9. The second kappa shape index (κ2) is 3.86. The molecule has 1 fully saturated rings. The minimum absolute atomic E-state index is 0.135. The fraction of sp³-hybridized carbons (Fsp3) is 0.400. The lowest BCUT2D eigenvalue weighted by Crippen LogP contribution is -2.54. The summed E-state index contributed by atoms with van der Waals surface area (Å²) in [6.07, 6.45) is 2.50. The molecule has 1 unspecified atom stereocenters. The summed E-state index contributed by atoms with van der Waals surface area (Å²) in [7, 11) is 0. The maximum Gasteiger partial charge on any atom is 0.234 e. The first kappa shape index (κ1) is 9.92. The van der Waals surface area contributed by atoms with Crippen molar-refractivity contribution in [3.8, 4) is 0 Å². The second-order valence-corrected chi connectivity index (χ2v) is 3.73. The molecule has 0 aliphatic carbocycles. The number of pyridine rings is 1. The predicted molar refractivity (Wildman–Crippen MR) is 56.7 cm³/mol. The van der Waals surface area contributed by atoms with E-state index in [1.54, 1.807) is 6.20 Å². The smallest absolute Gasteiger partial charge is 0.234 e. The summed E-state index contributed by atoms with van der Waals surface area (Å²) in [5, 5.41) is 0. The number of carbonyl (C=O) groups excluding carboxylic acids is 1. The van der Waals surface area contributed by atoms with Crippen molar-refractivity contribution in [3.05, 3.63) is 23.9 Å². The Morgan fingerprint density at radius 3 is 3.00 bits per heavy atom. The van der Waals surface area contributed by atoms with Crippen molar-refractivity contribution in [2.75, 3.05) is 12.3 Å². The molecule has 0 aromatic carbocycles. The van der Waals surface area contributed by atoms with Gasteiger partial charge in [0.1, 0.15) is 5.82 Å². The minimum Gasteiger partial charge on any atom is -0.383 e. The Morgan fingerprint density at radius 2 is 2.47 bits per heavy atom. The van der Waals surface area contributed by atoms with Crippen LogP contribution in [0.25, 0.3) is 0 Å². The van der Waals surface area contributed by atoms with Crippen LogP contribution in [0.1, 0.15) is 12.0 Å². The van der Waals surface area contributed by atoms with Gasteiger partial charge < -0.3 is 11.5 Å². The van der Waals surface area contributed by atoms with Gasteiger partial charge in [-0.15, -0.1) is 0 Å². The summed E-state index contributed by atoms with van der Waals surface area (Å²) < 4.78 is 0. The van der Waals surface area contributed by atoms with E-state index in [9.17, 15) is 4.79 Å². The third-order valence-corrected chi connectivity index (χ3v) is 2.76. The quantitative estimate of drug-likeness (QED) is 0.712. The number of rotatable bonds is 3. The van der Waals surface area contributed by atoms with Crippen LogP contribution in [-0.2, 0) is 11.3 Å². The molecule has 0 spiro atoms. The van der Waals surface area contributed by atoms with E-state index in [-0.39, 0.29) is 11.9 Å². The Balaban J connectivity index is 2.04. The number of aromatic nitrogens is 1. The lowest BCUT2D eigenvalue weighted by molar-refractivity contribution is -0.127. The van der Waals surface area contributed by atoms with Gasteiger partial charge in [-0.2, -0.15) is 0 Å². The molecule has 1 aromatic heterocycles.